The summed E-state index contributed by atoms with van der Waals surface area (Å²) in [6.45, 7) is 17.5. The van der Waals surface area contributed by atoms with Gasteiger partial charge in [-0.05, 0) is 52.5 Å². The zero-order chi connectivity index (χ0) is 12.0. The summed E-state index contributed by atoms with van der Waals surface area (Å²) in [4.78, 5) is 2.60. The third kappa shape index (κ3) is 5.55. The first-order valence-electron chi connectivity index (χ1n) is 6.65. The van der Waals surface area contributed by atoms with Crippen LogP contribution in [0, 0.1) is 11.8 Å². The van der Waals surface area contributed by atoms with Crippen LogP contribution in [0.5, 0.6) is 0 Å². The minimum atomic E-state index is 0.675. The van der Waals surface area contributed by atoms with Crippen molar-refractivity contribution in [3.05, 3.63) is 0 Å². The SMILES string of the molecule is CCC(C)C(C)CCN(C(C)C)C(C)C. The lowest BCUT2D eigenvalue weighted by Gasteiger charge is -2.32. The minimum Gasteiger partial charge on any atom is -0.299 e. The van der Waals surface area contributed by atoms with Crippen LogP contribution in [0.4, 0.5) is 0 Å². The first kappa shape index (κ1) is 15.0. The lowest BCUT2D eigenvalue weighted by Crippen LogP contribution is -2.38. The molecule has 0 saturated heterocycles. The van der Waals surface area contributed by atoms with Crippen molar-refractivity contribution in [2.45, 2.75) is 73.4 Å². The van der Waals surface area contributed by atoms with E-state index >= 15 is 0 Å². The van der Waals surface area contributed by atoms with Gasteiger partial charge in [0, 0.05) is 12.1 Å². The van der Waals surface area contributed by atoms with Gasteiger partial charge in [-0.2, -0.15) is 0 Å². The van der Waals surface area contributed by atoms with Gasteiger partial charge in [0.2, 0.25) is 0 Å². The molecule has 2 atom stereocenters. The van der Waals surface area contributed by atoms with Gasteiger partial charge in [0.15, 0.2) is 0 Å². The van der Waals surface area contributed by atoms with Crippen molar-refractivity contribution >= 4 is 0 Å². The Morgan fingerprint density at radius 2 is 1.27 bits per heavy atom. The van der Waals surface area contributed by atoms with Crippen LogP contribution >= 0.6 is 0 Å². The second-order valence-electron chi connectivity index (χ2n) is 5.58. The van der Waals surface area contributed by atoms with E-state index in [9.17, 15) is 0 Å². The van der Waals surface area contributed by atoms with Gasteiger partial charge >= 0.3 is 0 Å². The van der Waals surface area contributed by atoms with Gasteiger partial charge in [0.05, 0.1) is 0 Å². The maximum Gasteiger partial charge on any atom is 0.00412 e. The molecule has 0 amide bonds. The van der Waals surface area contributed by atoms with E-state index in [1.54, 1.807) is 0 Å². The minimum absolute atomic E-state index is 0.675. The van der Waals surface area contributed by atoms with Crippen LogP contribution in [0.2, 0.25) is 0 Å². The molecule has 0 N–H and O–H groups in total. The van der Waals surface area contributed by atoms with Crippen LogP contribution < -0.4 is 0 Å². The van der Waals surface area contributed by atoms with Gasteiger partial charge < -0.3 is 0 Å². The van der Waals surface area contributed by atoms with E-state index in [-0.39, 0.29) is 0 Å². The second-order valence-corrected chi connectivity index (χ2v) is 5.58. The largest absolute Gasteiger partial charge is 0.299 e. The Labute approximate surface area is 97.2 Å². The van der Waals surface area contributed by atoms with Crippen molar-refractivity contribution in [1.82, 2.24) is 4.90 Å². The quantitative estimate of drug-likeness (QED) is 0.613. The Morgan fingerprint density at radius 1 is 0.800 bits per heavy atom. The van der Waals surface area contributed by atoms with Crippen molar-refractivity contribution < 1.29 is 0 Å². The zero-order valence-corrected chi connectivity index (χ0v) is 11.9. The summed E-state index contributed by atoms with van der Waals surface area (Å²) in [7, 11) is 0. The third-order valence-electron chi connectivity index (χ3n) is 3.78. The van der Waals surface area contributed by atoms with Crippen molar-refractivity contribution in [3.63, 3.8) is 0 Å². The molecule has 0 aromatic heterocycles. The number of hydrogen-bond acceptors (Lipinski definition) is 1. The van der Waals surface area contributed by atoms with E-state index in [2.05, 4.69) is 53.4 Å². The van der Waals surface area contributed by atoms with Crippen LogP contribution in [0.15, 0.2) is 0 Å². The molecule has 0 radical (unpaired) electrons. The van der Waals surface area contributed by atoms with E-state index in [0.29, 0.717) is 12.1 Å². The summed E-state index contributed by atoms with van der Waals surface area (Å²) in [5.74, 6) is 1.72. The molecule has 0 aliphatic heterocycles. The van der Waals surface area contributed by atoms with Gasteiger partial charge in [0.1, 0.15) is 0 Å². The van der Waals surface area contributed by atoms with Crippen molar-refractivity contribution in [2.24, 2.45) is 11.8 Å². The molecular formula is C14H31N. The Bertz CT molecular complexity index is 143. The summed E-state index contributed by atoms with van der Waals surface area (Å²) in [5.41, 5.74) is 0. The molecule has 0 spiro atoms. The average molecular weight is 213 g/mol. The fourth-order valence-corrected chi connectivity index (χ4v) is 2.15. The zero-order valence-electron chi connectivity index (χ0n) is 11.9. The van der Waals surface area contributed by atoms with Gasteiger partial charge in [-0.25, -0.2) is 0 Å². The summed E-state index contributed by atoms with van der Waals surface area (Å²) in [5, 5.41) is 0. The van der Waals surface area contributed by atoms with Crippen LogP contribution in [0.1, 0.15) is 61.3 Å². The average Bonchev–Trinajstić information content (AvgIpc) is 2.15. The monoisotopic (exact) mass is 213 g/mol. The maximum absolute atomic E-state index is 2.60. The van der Waals surface area contributed by atoms with Crippen LogP contribution in [-0.4, -0.2) is 23.5 Å². The Morgan fingerprint density at radius 3 is 1.60 bits per heavy atom. The third-order valence-corrected chi connectivity index (χ3v) is 3.78. The highest BCUT2D eigenvalue weighted by atomic mass is 15.2. The van der Waals surface area contributed by atoms with E-state index in [0.717, 1.165) is 11.8 Å². The van der Waals surface area contributed by atoms with E-state index < -0.39 is 0 Å². The molecule has 0 bridgehead atoms. The molecule has 2 unspecified atom stereocenters. The molecule has 0 aliphatic rings. The van der Waals surface area contributed by atoms with Gasteiger partial charge in [-0.15, -0.1) is 0 Å². The molecule has 0 aliphatic carbocycles. The molecular weight excluding hydrogens is 182 g/mol. The topological polar surface area (TPSA) is 3.24 Å². The Hall–Kier alpha value is -0.0400. The molecule has 92 valence electrons. The number of nitrogens with zero attached hydrogens (tertiary/aromatic N) is 1. The summed E-state index contributed by atoms with van der Waals surface area (Å²) < 4.78 is 0. The van der Waals surface area contributed by atoms with Crippen LogP contribution in [-0.2, 0) is 0 Å². The molecule has 0 fully saturated rings. The van der Waals surface area contributed by atoms with E-state index in [1.165, 1.54) is 19.4 Å². The van der Waals surface area contributed by atoms with Gasteiger partial charge in [-0.1, -0.05) is 27.2 Å². The molecule has 0 aromatic carbocycles. The predicted molar refractivity (Wildman–Crippen MR) is 70.2 cm³/mol. The van der Waals surface area contributed by atoms with Crippen molar-refractivity contribution in [1.29, 1.82) is 0 Å². The number of hydrogen-bond donors (Lipinski definition) is 0. The van der Waals surface area contributed by atoms with E-state index in [4.69, 9.17) is 0 Å². The lowest BCUT2D eigenvalue weighted by atomic mass is 9.90. The molecule has 0 heterocycles. The Kier molecular flexibility index (Phi) is 7.25. The van der Waals surface area contributed by atoms with Crippen LogP contribution in [0.25, 0.3) is 0 Å². The summed E-state index contributed by atoms with van der Waals surface area (Å²) in [6, 6.07) is 1.35. The maximum atomic E-state index is 2.60. The highest BCUT2D eigenvalue weighted by Crippen LogP contribution is 2.19. The molecule has 1 nitrogen and oxygen atoms in total. The lowest BCUT2D eigenvalue weighted by molar-refractivity contribution is 0.156. The molecule has 0 rings (SSSR count). The second kappa shape index (κ2) is 7.27. The van der Waals surface area contributed by atoms with Crippen molar-refractivity contribution in [3.8, 4) is 0 Å². The summed E-state index contributed by atoms with van der Waals surface area (Å²) in [6.07, 6.45) is 2.65. The molecule has 0 aromatic rings. The molecule has 15 heavy (non-hydrogen) atoms. The normalized spacial score (nSPS) is 16.4. The summed E-state index contributed by atoms with van der Waals surface area (Å²) >= 11 is 0. The van der Waals surface area contributed by atoms with Gasteiger partial charge in [-0.3, -0.25) is 4.90 Å². The standard InChI is InChI=1S/C14H31N/c1-8-13(6)14(7)9-10-15(11(2)3)12(4)5/h11-14H,8-10H2,1-7H3. The predicted octanol–water partition coefficient (Wildman–Crippen LogP) is 4.18. The first-order valence-corrected chi connectivity index (χ1v) is 6.65. The van der Waals surface area contributed by atoms with E-state index in [1.807, 2.05) is 0 Å². The smallest absolute Gasteiger partial charge is 0.00412 e. The fourth-order valence-electron chi connectivity index (χ4n) is 2.15. The van der Waals surface area contributed by atoms with Gasteiger partial charge in [0.25, 0.3) is 0 Å². The van der Waals surface area contributed by atoms with Crippen LogP contribution in [0.3, 0.4) is 0 Å². The highest BCUT2D eigenvalue weighted by molar-refractivity contribution is 4.70. The Balaban J connectivity index is 3.99. The van der Waals surface area contributed by atoms with Crippen molar-refractivity contribution in [2.75, 3.05) is 6.54 Å². The highest BCUT2D eigenvalue weighted by Gasteiger charge is 2.16. The fraction of sp³-hybridized carbons (Fsp3) is 1.00. The molecule has 1 heteroatoms. The first-order chi connectivity index (χ1) is 6.90. The molecule has 0 saturated carbocycles. The number of rotatable bonds is 7.